The van der Waals surface area contributed by atoms with Gasteiger partial charge in [0.05, 0.1) is 10.0 Å². The van der Waals surface area contributed by atoms with E-state index in [0.29, 0.717) is 16.6 Å². The molecule has 0 spiro atoms. The van der Waals surface area contributed by atoms with Gasteiger partial charge in [-0.1, -0.05) is 23.2 Å². The van der Waals surface area contributed by atoms with Crippen molar-refractivity contribution in [3.05, 3.63) is 28.2 Å². The van der Waals surface area contributed by atoms with Crippen LogP contribution in [-0.2, 0) is 0 Å². The topological polar surface area (TPSA) is 38.0 Å². The maximum absolute atomic E-state index is 5.83. The summed E-state index contributed by atoms with van der Waals surface area (Å²) >= 11 is 11.6. The Morgan fingerprint density at radius 1 is 1.23 bits per heavy atom. The van der Waals surface area contributed by atoms with Gasteiger partial charge in [0.2, 0.25) is 0 Å². The monoisotopic (exact) mass is 218 g/mol. The number of hydrogen-bond donors (Lipinski definition) is 2. The fourth-order valence-corrected chi connectivity index (χ4v) is 1.24. The van der Waals surface area contributed by atoms with Gasteiger partial charge < -0.3 is 11.1 Å². The van der Waals surface area contributed by atoms with Crippen molar-refractivity contribution in [1.82, 2.24) is 0 Å². The van der Waals surface area contributed by atoms with Crippen molar-refractivity contribution in [2.75, 3.05) is 18.4 Å². The van der Waals surface area contributed by atoms with Crippen LogP contribution in [0.25, 0.3) is 0 Å². The molecule has 72 valence electrons. The van der Waals surface area contributed by atoms with E-state index in [1.165, 1.54) is 0 Å². The summed E-state index contributed by atoms with van der Waals surface area (Å²) in [5, 5.41) is 4.33. The van der Waals surface area contributed by atoms with E-state index in [4.69, 9.17) is 28.9 Å². The van der Waals surface area contributed by atoms with Crippen LogP contribution in [0.15, 0.2) is 18.2 Å². The predicted molar refractivity (Wildman–Crippen MR) is 58.6 cm³/mol. The highest BCUT2D eigenvalue weighted by molar-refractivity contribution is 6.42. The fourth-order valence-electron chi connectivity index (χ4n) is 0.941. The summed E-state index contributed by atoms with van der Waals surface area (Å²) < 4.78 is 0. The lowest BCUT2D eigenvalue weighted by Crippen LogP contribution is -2.08. The Morgan fingerprint density at radius 3 is 2.62 bits per heavy atom. The van der Waals surface area contributed by atoms with Gasteiger partial charge in [0.1, 0.15) is 0 Å². The summed E-state index contributed by atoms with van der Waals surface area (Å²) in [5.41, 5.74) is 6.33. The van der Waals surface area contributed by atoms with Gasteiger partial charge in [-0.3, -0.25) is 0 Å². The molecule has 0 aromatic heterocycles. The highest BCUT2D eigenvalue weighted by Crippen LogP contribution is 2.24. The van der Waals surface area contributed by atoms with E-state index < -0.39 is 0 Å². The van der Waals surface area contributed by atoms with Crippen LogP contribution >= 0.6 is 23.2 Å². The van der Waals surface area contributed by atoms with Crippen molar-refractivity contribution in [3.8, 4) is 0 Å². The molecule has 0 unspecified atom stereocenters. The number of nitrogens with one attached hydrogen (secondary N) is 1. The van der Waals surface area contributed by atoms with Crippen molar-refractivity contribution >= 4 is 28.9 Å². The molecule has 0 aliphatic carbocycles. The average Bonchev–Trinajstić information content (AvgIpc) is 2.12. The Labute approximate surface area is 88.0 Å². The molecule has 0 heterocycles. The molecule has 0 bridgehead atoms. The lowest BCUT2D eigenvalue weighted by Gasteiger charge is -2.05. The predicted octanol–water partition coefficient (Wildman–Crippen LogP) is 2.75. The highest BCUT2D eigenvalue weighted by atomic mass is 35.5. The van der Waals surface area contributed by atoms with E-state index in [2.05, 4.69) is 5.32 Å². The second-order valence-electron chi connectivity index (χ2n) is 2.70. The zero-order valence-electron chi connectivity index (χ0n) is 7.19. The number of nitrogens with two attached hydrogens (primary N) is 1. The zero-order valence-corrected chi connectivity index (χ0v) is 8.70. The standard InChI is InChI=1S/C9H12Cl2N2/c10-8-3-2-7(6-9(8)11)13-5-1-4-12/h2-3,6,13H,1,4-5,12H2. The first-order valence-electron chi connectivity index (χ1n) is 4.13. The Morgan fingerprint density at radius 2 is 2.00 bits per heavy atom. The van der Waals surface area contributed by atoms with Gasteiger partial charge in [0.25, 0.3) is 0 Å². The summed E-state index contributed by atoms with van der Waals surface area (Å²) in [6.45, 7) is 1.54. The molecule has 0 aliphatic rings. The molecule has 4 heteroatoms. The van der Waals surface area contributed by atoms with E-state index in [1.807, 2.05) is 6.07 Å². The first-order chi connectivity index (χ1) is 6.24. The molecule has 0 atom stereocenters. The SMILES string of the molecule is NCCCNc1ccc(Cl)c(Cl)c1. The minimum atomic E-state index is 0.569. The molecular formula is C9H12Cl2N2. The van der Waals surface area contributed by atoms with Gasteiger partial charge in [0, 0.05) is 12.2 Å². The van der Waals surface area contributed by atoms with Gasteiger partial charge in [-0.05, 0) is 31.2 Å². The summed E-state index contributed by atoms with van der Waals surface area (Å²) in [6.07, 6.45) is 0.945. The van der Waals surface area contributed by atoms with Crippen LogP contribution in [-0.4, -0.2) is 13.1 Å². The van der Waals surface area contributed by atoms with Crippen LogP contribution in [0.1, 0.15) is 6.42 Å². The van der Waals surface area contributed by atoms with Gasteiger partial charge in [-0.2, -0.15) is 0 Å². The zero-order chi connectivity index (χ0) is 9.68. The molecule has 0 saturated heterocycles. The van der Waals surface area contributed by atoms with Gasteiger partial charge >= 0.3 is 0 Å². The maximum Gasteiger partial charge on any atom is 0.0612 e. The Kier molecular flexibility index (Phi) is 4.36. The lowest BCUT2D eigenvalue weighted by molar-refractivity contribution is 0.874. The van der Waals surface area contributed by atoms with E-state index >= 15 is 0 Å². The summed E-state index contributed by atoms with van der Waals surface area (Å²) in [7, 11) is 0. The van der Waals surface area contributed by atoms with Crippen molar-refractivity contribution in [1.29, 1.82) is 0 Å². The number of rotatable bonds is 4. The molecule has 1 aromatic rings. The van der Waals surface area contributed by atoms with Gasteiger partial charge in [0.15, 0.2) is 0 Å². The number of benzene rings is 1. The molecule has 0 aliphatic heterocycles. The second-order valence-corrected chi connectivity index (χ2v) is 3.51. The maximum atomic E-state index is 5.83. The van der Waals surface area contributed by atoms with Crippen LogP contribution in [0.4, 0.5) is 5.69 Å². The van der Waals surface area contributed by atoms with Crippen LogP contribution in [0.5, 0.6) is 0 Å². The van der Waals surface area contributed by atoms with Crippen LogP contribution < -0.4 is 11.1 Å². The largest absolute Gasteiger partial charge is 0.385 e. The first kappa shape index (κ1) is 10.6. The molecule has 0 amide bonds. The van der Waals surface area contributed by atoms with Crippen molar-refractivity contribution in [2.24, 2.45) is 5.73 Å². The highest BCUT2D eigenvalue weighted by Gasteiger charge is 1.97. The molecular weight excluding hydrogens is 207 g/mol. The summed E-state index contributed by atoms with van der Waals surface area (Å²) in [4.78, 5) is 0. The molecule has 2 nitrogen and oxygen atoms in total. The third-order valence-electron chi connectivity index (χ3n) is 1.63. The Bertz CT molecular complexity index is 276. The first-order valence-corrected chi connectivity index (χ1v) is 4.88. The van der Waals surface area contributed by atoms with Gasteiger partial charge in [-0.15, -0.1) is 0 Å². The molecule has 3 N–H and O–H groups in total. The van der Waals surface area contributed by atoms with E-state index in [0.717, 1.165) is 18.7 Å². The van der Waals surface area contributed by atoms with Crippen molar-refractivity contribution in [2.45, 2.75) is 6.42 Å². The third kappa shape index (κ3) is 3.43. The van der Waals surface area contributed by atoms with Crippen LogP contribution in [0.2, 0.25) is 10.0 Å². The quantitative estimate of drug-likeness (QED) is 0.764. The van der Waals surface area contributed by atoms with Crippen LogP contribution in [0, 0.1) is 0 Å². The number of hydrogen-bond acceptors (Lipinski definition) is 2. The smallest absolute Gasteiger partial charge is 0.0612 e. The summed E-state index contributed by atoms with van der Waals surface area (Å²) in [5.74, 6) is 0. The van der Waals surface area contributed by atoms with E-state index in [9.17, 15) is 0 Å². The Balaban J connectivity index is 2.53. The van der Waals surface area contributed by atoms with Crippen LogP contribution in [0.3, 0.4) is 0 Å². The summed E-state index contributed by atoms with van der Waals surface area (Å²) in [6, 6.07) is 5.47. The molecule has 0 radical (unpaired) electrons. The number of anilines is 1. The normalized spacial score (nSPS) is 10.1. The second kappa shape index (κ2) is 5.32. The van der Waals surface area contributed by atoms with Gasteiger partial charge in [-0.25, -0.2) is 0 Å². The molecule has 0 saturated carbocycles. The molecule has 1 rings (SSSR count). The third-order valence-corrected chi connectivity index (χ3v) is 2.37. The molecule has 1 aromatic carbocycles. The lowest BCUT2D eigenvalue weighted by atomic mass is 10.3. The Hall–Kier alpha value is -0.440. The number of halogens is 2. The minimum absolute atomic E-state index is 0.569. The molecule has 0 fully saturated rings. The fraction of sp³-hybridized carbons (Fsp3) is 0.333. The van der Waals surface area contributed by atoms with Crippen molar-refractivity contribution in [3.63, 3.8) is 0 Å². The van der Waals surface area contributed by atoms with Crippen molar-refractivity contribution < 1.29 is 0 Å². The minimum Gasteiger partial charge on any atom is -0.385 e. The average molecular weight is 219 g/mol. The van der Waals surface area contributed by atoms with E-state index in [1.54, 1.807) is 12.1 Å². The molecule has 13 heavy (non-hydrogen) atoms. The van der Waals surface area contributed by atoms with E-state index in [-0.39, 0.29) is 0 Å².